The predicted octanol–water partition coefficient (Wildman–Crippen LogP) is 3.67. The third kappa shape index (κ3) is 2.05. The second-order valence-corrected chi connectivity index (χ2v) is 5.51. The van der Waals surface area contributed by atoms with E-state index in [1.54, 1.807) is 24.3 Å². The smallest absolute Gasteiger partial charge is 0.248 e. The number of Topliss-reactive ketones (excluding diaryl/α,β-unsaturated/α-hetero) is 1. The second kappa shape index (κ2) is 4.86. The summed E-state index contributed by atoms with van der Waals surface area (Å²) in [5.74, 6) is -0.284. The minimum absolute atomic E-state index is 0.284. The molecular weight excluding hydrogens is 318 g/mol. The van der Waals surface area contributed by atoms with Gasteiger partial charge in [-0.3, -0.25) is 4.79 Å². The lowest BCUT2D eigenvalue weighted by atomic mass is 9.92. The summed E-state index contributed by atoms with van der Waals surface area (Å²) < 4.78 is 6.41. The number of benzene rings is 2. The number of rotatable bonds is 3. The lowest BCUT2D eigenvalue weighted by molar-refractivity contribution is 0.0914. The molecule has 0 aliphatic carbocycles. The van der Waals surface area contributed by atoms with Gasteiger partial charge in [-0.1, -0.05) is 58.4 Å². The third-order valence-electron chi connectivity index (χ3n) is 3.33. The van der Waals surface area contributed by atoms with Crippen LogP contribution >= 0.6 is 15.9 Å². The monoisotopic (exact) mass is 327 g/mol. The Morgan fingerprint density at radius 1 is 1.15 bits per heavy atom. The van der Waals surface area contributed by atoms with Crippen molar-refractivity contribution in [1.82, 2.24) is 0 Å². The summed E-state index contributed by atoms with van der Waals surface area (Å²) in [4.78, 5) is 12.5. The molecule has 1 heterocycles. The first-order valence-corrected chi connectivity index (χ1v) is 6.91. The Bertz CT molecular complexity index is 691. The van der Waals surface area contributed by atoms with Crippen LogP contribution in [0.15, 0.2) is 59.1 Å². The number of carbonyl (C=O) groups is 1. The van der Waals surface area contributed by atoms with Crippen molar-refractivity contribution in [3.63, 3.8) is 0 Å². The van der Waals surface area contributed by atoms with Crippen LogP contribution in [0.1, 0.15) is 22.0 Å². The van der Waals surface area contributed by atoms with Crippen LogP contribution in [0.3, 0.4) is 0 Å². The van der Waals surface area contributed by atoms with E-state index < -0.39 is 11.7 Å². The minimum Gasteiger partial charge on any atom is -0.338 e. The number of hydrogen-bond acceptors (Lipinski definition) is 3. The molecule has 2 aromatic carbocycles. The Labute approximate surface area is 124 Å². The van der Waals surface area contributed by atoms with Crippen LogP contribution in [0, 0.1) is 11.3 Å². The summed E-state index contributed by atoms with van der Waals surface area (Å²) in [7, 11) is 0. The van der Waals surface area contributed by atoms with E-state index in [2.05, 4.69) is 15.9 Å². The molecule has 3 rings (SSSR count). The number of epoxide rings is 1. The summed E-state index contributed by atoms with van der Waals surface area (Å²) >= 11 is 3.35. The van der Waals surface area contributed by atoms with Gasteiger partial charge >= 0.3 is 0 Å². The molecule has 0 bridgehead atoms. The van der Waals surface area contributed by atoms with Crippen LogP contribution in [-0.2, 0) is 4.74 Å². The number of ether oxygens (including phenoxy) is 1. The summed E-state index contributed by atoms with van der Waals surface area (Å²) in [5, 5.41) is 9.37. The van der Waals surface area contributed by atoms with Crippen LogP contribution in [0.4, 0.5) is 0 Å². The first-order chi connectivity index (χ1) is 9.67. The molecule has 1 aliphatic rings. The van der Waals surface area contributed by atoms with E-state index >= 15 is 0 Å². The average Bonchev–Trinajstić information content (AvgIpc) is 3.24. The van der Waals surface area contributed by atoms with Crippen LogP contribution in [0.2, 0.25) is 0 Å². The molecule has 4 heteroatoms. The molecule has 0 aromatic heterocycles. The van der Waals surface area contributed by atoms with Gasteiger partial charge in [0, 0.05) is 10.0 Å². The summed E-state index contributed by atoms with van der Waals surface area (Å²) in [6.45, 7) is 0. The van der Waals surface area contributed by atoms with Crippen molar-refractivity contribution < 1.29 is 9.53 Å². The van der Waals surface area contributed by atoms with Crippen molar-refractivity contribution in [1.29, 1.82) is 5.26 Å². The molecule has 0 spiro atoms. The molecule has 0 saturated carbocycles. The lowest BCUT2D eigenvalue weighted by Crippen LogP contribution is -2.23. The van der Waals surface area contributed by atoms with E-state index in [-0.39, 0.29) is 5.78 Å². The van der Waals surface area contributed by atoms with Crippen LogP contribution < -0.4 is 0 Å². The van der Waals surface area contributed by atoms with Crippen molar-refractivity contribution in [2.75, 3.05) is 0 Å². The van der Waals surface area contributed by atoms with Gasteiger partial charge in [0.2, 0.25) is 11.4 Å². The zero-order chi connectivity index (χ0) is 14.2. The molecule has 0 unspecified atom stereocenters. The Kier molecular flexibility index (Phi) is 3.17. The van der Waals surface area contributed by atoms with E-state index in [1.165, 1.54) is 0 Å². The van der Waals surface area contributed by atoms with Gasteiger partial charge in [0.25, 0.3) is 0 Å². The van der Waals surface area contributed by atoms with Gasteiger partial charge in [-0.05, 0) is 17.7 Å². The SMILES string of the molecule is N#C[C@@]1(C(=O)c2ccccc2)O[C@H]1c1ccc(Br)cc1. The van der Waals surface area contributed by atoms with Gasteiger partial charge in [0.15, 0.2) is 0 Å². The summed E-state index contributed by atoms with van der Waals surface area (Å²) in [6, 6.07) is 18.2. The Morgan fingerprint density at radius 2 is 1.80 bits per heavy atom. The zero-order valence-corrected chi connectivity index (χ0v) is 12.0. The number of hydrogen-bond donors (Lipinski definition) is 0. The maximum absolute atomic E-state index is 12.5. The van der Waals surface area contributed by atoms with E-state index in [0.717, 1.165) is 10.0 Å². The average molecular weight is 328 g/mol. The molecule has 3 nitrogen and oxygen atoms in total. The van der Waals surface area contributed by atoms with Crippen molar-refractivity contribution >= 4 is 21.7 Å². The maximum atomic E-state index is 12.5. The summed E-state index contributed by atoms with van der Waals surface area (Å²) in [6.07, 6.45) is -0.492. The first kappa shape index (κ1) is 13.0. The van der Waals surface area contributed by atoms with Crippen LogP contribution in [-0.4, -0.2) is 11.4 Å². The Balaban J connectivity index is 1.91. The molecule has 1 saturated heterocycles. The molecular formula is C16H10BrNO2. The van der Waals surface area contributed by atoms with E-state index in [1.807, 2.05) is 36.4 Å². The van der Waals surface area contributed by atoms with Crippen molar-refractivity contribution in [3.8, 4) is 6.07 Å². The molecule has 1 fully saturated rings. The molecule has 0 radical (unpaired) electrons. The molecule has 0 amide bonds. The molecule has 0 N–H and O–H groups in total. The Hall–Kier alpha value is -1.96. The van der Waals surface area contributed by atoms with Gasteiger partial charge < -0.3 is 4.74 Å². The van der Waals surface area contributed by atoms with Gasteiger partial charge in [0.1, 0.15) is 12.2 Å². The first-order valence-electron chi connectivity index (χ1n) is 6.12. The molecule has 20 heavy (non-hydrogen) atoms. The highest BCUT2D eigenvalue weighted by Crippen LogP contribution is 2.51. The number of carbonyl (C=O) groups excluding carboxylic acids is 1. The standard InChI is InChI=1S/C16H10BrNO2/c17-13-8-6-12(7-9-13)15-16(10-18,20-15)14(19)11-4-2-1-3-5-11/h1-9,15H/t15-,16-/m0/s1. The topological polar surface area (TPSA) is 53.4 Å². The Morgan fingerprint density at radius 3 is 2.40 bits per heavy atom. The molecule has 1 aliphatic heterocycles. The van der Waals surface area contributed by atoms with Crippen molar-refractivity contribution in [2.45, 2.75) is 11.7 Å². The number of ketones is 1. The van der Waals surface area contributed by atoms with Gasteiger partial charge in [-0.15, -0.1) is 0 Å². The van der Waals surface area contributed by atoms with E-state index in [4.69, 9.17) is 4.74 Å². The van der Waals surface area contributed by atoms with Crippen LogP contribution in [0.25, 0.3) is 0 Å². The highest BCUT2D eigenvalue weighted by Gasteiger charge is 2.64. The normalized spacial score (nSPS) is 23.9. The quantitative estimate of drug-likeness (QED) is 0.638. The predicted molar refractivity (Wildman–Crippen MR) is 77.1 cm³/mol. The van der Waals surface area contributed by atoms with Gasteiger partial charge in [-0.25, -0.2) is 0 Å². The largest absolute Gasteiger partial charge is 0.338 e. The number of nitrogens with zero attached hydrogens (tertiary/aromatic N) is 1. The number of nitriles is 1. The van der Waals surface area contributed by atoms with E-state index in [0.29, 0.717) is 5.56 Å². The third-order valence-corrected chi connectivity index (χ3v) is 3.86. The zero-order valence-electron chi connectivity index (χ0n) is 10.4. The fourth-order valence-electron chi connectivity index (χ4n) is 2.20. The van der Waals surface area contributed by atoms with Gasteiger partial charge in [-0.2, -0.15) is 5.26 Å². The lowest BCUT2D eigenvalue weighted by Gasteiger charge is -2.03. The molecule has 98 valence electrons. The molecule has 2 aromatic rings. The number of halogens is 1. The van der Waals surface area contributed by atoms with Crippen molar-refractivity contribution in [3.05, 3.63) is 70.2 Å². The minimum atomic E-state index is -1.38. The van der Waals surface area contributed by atoms with Crippen LogP contribution in [0.5, 0.6) is 0 Å². The summed E-state index contributed by atoms with van der Waals surface area (Å²) in [5.41, 5.74) is -0.0532. The van der Waals surface area contributed by atoms with E-state index in [9.17, 15) is 10.1 Å². The highest BCUT2D eigenvalue weighted by atomic mass is 79.9. The highest BCUT2D eigenvalue weighted by molar-refractivity contribution is 9.10. The van der Waals surface area contributed by atoms with Gasteiger partial charge in [0.05, 0.1) is 0 Å². The molecule has 2 atom stereocenters. The fourth-order valence-corrected chi connectivity index (χ4v) is 2.47. The second-order valence-electron chi connectivity index (χ2n) is 4.59. The maximum Gasteiger partial charge on any atom is 0.248 e. The van der Waals surface area contributed by atoms with Crippen molar-refractivity contribution in [2.24, 2.45) is 0 Å². The fraction of sp³-hybridized carbons (Fsp3) is 0.125.